The summed E-state index contributed by atoms with van der Waals surface area (Å²) in [6.07, 6.45) is 1.41. The van der Waals surface area contributed by atoms with Gasteiger partial charge in [0.2, 0.25) is 5.91 Å². The molecule has 2 heterocycles. The van der Waals surface area contributed by atoms with Crippen LogP contribution in [0.2, 0.25) is 0 Å². The molecular weight excluding hydrogens is 218 g/mol. The molecule has 0 spiro atoms. The molecule has 2 N–H and O–H groups in total. The van der Waals surface area contributed by atoms with E-state index in [-0.39, 0.29) is 5.91 Å². The van der Waals surface area contributed by atoms with Gasteiger partial charge in [-0.25, -0.2) is 0 Å². The molecule has 5 heteroatoms. The number of rotatable bonds is 3. The van der Waals surface area contributed by atoms with Gasteiger partial charge < -0.3 is 15.2 Å². The van der Waals surface area contributed by atoms with Crippen molar-refractivity contribution in [2.75, 3.05) is 19.6 Å². The average Bonchev–Trinajstić information content (AvgIpc) is 2.90. The van der Waals surface area contributed by atoms with Crippen molar-refractivity contribution in [1.29, 1.82) is 0 Å². The number of likely N-dealkylation sites (tertiary alicyclic amines) is 1. The monoisotopic (exact) mass is 237 g/mol. The maximum absolute atomic E-state index is 12.1. The van der Waals surface area contributed by atoms with E-state index >= 15 is 0 Å². The molecule has 0 saturated carbocycles. The summed E-state index contributed by atoms with van der Waals surface area (Å²) in [5.41, 5.74) is 7.35. The van der Waals surface area contributed by atoms with E-state index in [1.165, 1.54) is 0 Å². The maximum Gasteiger partial charge on any atom is 0.227 e. The van der Waals surface area contributed by atoms with E-state index in [1.54, 1.807) is 0 Å². The minimum atomic E-state index is 0.148. The van der Waals surface area contributed by atoms with Gasteiger partial charge in [-0.3, -0.25) is 4.79 Å². The second kappa shape index (κ2) is 4.87. The molecule has 1 atom stereocenters. The zero-order valence-corrected chi connectivity index (χ0v) is 10.4. The van der Waals surface area contributed by atoms with Crippen LogP contribution < -0.4 is 5.73 Å². The first-order valence-electron chi connectivity index (χ1n) is 6.01. The molecule has 0 bridgehead atoms. The Balaban J connectivity index is 1.98. The molecule has 2 rings (SSSR count). The van der Waals surface area contributed by atoms with Gasteiger partial charge in [0.05, 0.1) is 12.1 Å². The van der Waals surface area contributed by atoms with Gasteiger partial charge >= 0.3 is 0 Å². The average molecular weight is 237 g/mol. The van der Waals surface area contributed by atoms with Crippen LogP contribution in [0.25, 0.3) is 0 Å². The van der Waals surface area contributed by atoms with Crippen LogP contribution in [0.5, 0.6) is 0 Å². The topological polar surface area (TPSA) is 72.4 Å². The Labute approximate surface area is 101 Å². The summed E-state index contributed by atoms with van der Waals surface area (Å²) in [6.45, 7) is 5.99. The highest BCUT2D eigenvalue weighted by Crippen LogP contribution is 2.18. The molecule has 1 aliphatic rings. The van der Waals surface area contributed by atoms with Gasteiger partial charge in [-0.1, -0.05) is 5.16 Å². The number of hydrogen-bond donors (Lipinski definition) is 1. The number of carbonyl (C=O) groups excluding carboxylic acids is 1. The van der Waals surface area contributed by atoms with Gasteiger partial charge in [-0.15, -0.1) is 0 Å². The SMILES string of the molecule is Cc1noc(C)c1CC(=O)N1CCC(CN)C1. The highest BCUT2D eigenvalue weighted by Gasteiger charge is 2.26. The van der Waals surface area contributed by atoms with E-state index in [0.29, 0.717) is 18.9 Å². The van der Waals surface area contributed by atoms with Crippen molar-refractivity contribution in [3.05, 3.63) is 17.0 Å². The largest absolute Gasteiger partial charge is 0.361 e. The highest BCUT2D eigenvalue weighted by molar-refractivity contribution is 5.79. The van der Waals surface area contributed by atoms with Crippen molar-refractivity contribution in [3.8, 4) is 0 Å². The molecule has 1 aromatic heterocycles. The molecule has 17 heavy (non-hydrogen) atoms. The van der Waals surface area contributed by atoms with Gasteiger partial charge in [0.25, 0.3) is 0 Å². The van der Waals surface area contributed by atoms with E-state index in [1.807, 2.05) is 18.7 Å². The number of carbonyl (C=O) groups is 1. The fourth-order valence-corrected chi connectivity index (χ4v) is 2.27. The molecule has 0 aliphatic carbocycles. The molecule has 1 amide bonds. The van der Waals surface area contributed by atoms with Crippen molar-refractivity contribution >= 4 is 5.91 Å². The van der Waals surface area contributed by atoms with E-state index in [2.05, 4.69) is 5.16 Å². The van der Waals surface area contributed by atoms with E-state index in [9.17, 15) is 4.79 Å². The molecule has 1 aromatic rings. The first-order chi connectivity index (χ1) is 8.11. The lowest BCUT2D eigenvalue weighted by atomic mass is 10.1. The Morgan fingerprint density at radius 2 is 2.35 bits per heavy atom. The maximum atomic E-state index is 12.1. The van der Waals surface area contributed by atoms with Crippen LogP contribution in [-0.2, 0) is 11.2 Å². The quantitative estimate of drug-likeness (QED) is 0.837. The predicted octanol–water partition coefficient (Wildman–Crippen LogP) is 0.641. The Kier molecular flexibility index (Phi) is 3.47. The molecule has 0 aromatic carbocycles. The lowest BCUT2D eigenvalue weighted by Gasteiger charge is -2.16. The minimum Gasteiger partial charge on any atom is -0.361 e. The van der Waals surface area contributed by atoms with Crippen LogP contribution in [-0.4, -0.2) is 35.6 Å². The molecule has 1 saturated heterocycles. The molecular formula is C12H19N3O2. The third-order valence-electron chi connectivity index (χ3n) is 3.48. The Morgan fingerprint density at radius 3 is 2.88 bits per heavy atom. The summed E-state index contributed by atoms with van der Waals surface area (Å²) in [7, 11) is 0. The van der Waals surface area contributed by atoms with Crippen molar-refractivity contribution in [1.82, 2.24) is 10.1 Å². The minimum absolute atomic E-state index is 0.148. The van der Waals surface area contributed by atoms with Crippen LogP contribution in [0.4, 0.5) is 0 Å². The predicted molar refractivity (Wildman–Crippen MR) is 63.4 cm³/mol. The van der Waals surface area contributed by atoms with Crippen LogP contribution >= 0.6 is 0 Å². The van der Waals surface area contributed by atoms with Crippen LogP contribution in [0.3, 0.4) is 0 Å². The Hall–Kier alpha value is -1.36. The number of nitrogens with zero attached hydrogens (tertiary/aromatic N) is 2. The van der Waals surface area contributed by atoms with Gasteiger partial charge in [-0.05, 0) is 32.7 Å². The molecule has 94 valence electrons. The standard InChI is InChI=1S/C12H19N3O2/c1-8-11(9(2)17-14-8)5-12(16)15-4-3-10(6-13)7-15/h10H,3-7,13H2,1-2H3. The lowest BCUT2D eigenvalue weighted by Crippen LogP contribution is -2.31. The van der Waals surface area contributed by atoms with Crippen LogP contribution in [0, 0.1) is 19.8 Å². The molecule has 1 aliphatic heterocycles. The second-order valence-electron chi connectivity index (χ2n) is 4.71. The Morgan fingerprint density at radius 1 is 1.59 bits per heavy atom. The van der Waals surface area contributed by atoms with Gasteiger partial charge in [0, 0.05) is 18.7 Å². The van der Waals surface area contributed by atoms with Crippen molar-refractivity contribution in [2.45, 2.75) is 26.7 Å². The highest BCUT2D eigenvalue weighted by atomic mass is 16.5. The normalized spacial score (nSPS) is 19.9. The van der Waals surface area contributed by atoms with Gasteiger partial charge in [-0.2, -0.15) is 0 Å². The number of amides is 1. The van der Waals surface area contributed by atoms with Crippen molar-refractivity contribution in [3.63, 3.8) is 0 Å². The van der Waals surface area contributed by atoms with E-state index in [4.69, 9.17) is 10.3 Å². The third kappa shape index (κ3) is 2.49. The summed E-state index contributed by atoms with van der Waals surface area (Å²) in [6, 6.07) is 0. The number of hydrogen-bond acceptors (Lipinski definition) is 4. The number of aromatic nitrogens is 1. The van der Waals surface area contributed by atoms with Crippen LogP contribution in [0.15, 0.2) is 4.52 Å². The molecule has 1 unspecified atom stereocenters. The first kappa shape index (κ1) is 12.1. The summed E-state index contributed by atoms with van der Waals surface area (Å²) in [5.74, 6) is 1.35. The summed E-state index contributed by atoms with van der Waals surface area (Å²) in [4.78, 5) is 14.0. The zero-order chi connectivity index (χ0) is 12.4. The second-order valence-corrected chi connectivity index (χ2v) is 4.71. The number of nitrogens with two attached hydrogens (primary N) is 1. The first-order valence-corrected chi connectivity index (χ1v) is 6.01. The van der Waals surface area contributed by atoms with E-state index in [0.717, 1.165) is 36.5 Å². The fourth-order valence-electron chi connectivity index (χ4n) is 2.27. The fraction of sp³-hybridized carbons (Fsp3) is 0.667. The zero-order valence-electron chi connectivity index (χ0n) is 10.4. The summed E-state index contributed by atoms with van der Waals surface area (Å²) in [5, 5.41) is 3.86. The van der Waals surface area contributed by atoms with Crippen LogP contribution in [0.1, 0.15) is 23.4 Å². The lowest BCUT2D eigenvalue weighted by molar-refractivity contribution is -0.129. The van der Waals surface area contributed by atoms with Gasteiger partial charge in [0.15, 0.2) is 0 Å². The summed E-state index contributed by atoms with van der Waals surface area (Å²) < 4.78 is 5.06. The number of aryl methyl sites for hydroxylation is 2. The van der Waals surface area contributed by atoms with Gasteiger partial charge in [0.1, 0.15) is 5.76 Å². The van der Waals surface area contributed by atoms with E-state index < -0.39 is 0 Å². The summed E-state index contributed by atoms with van der Waals surface area (Å²) >= 11 is 0. The molecule has 5 nitrogen and oxygen atoms in total. The van der Waals surface area contributed by atoms with Crippen molar-refractivity contribution in [2.24, 2.45) is 11.7 Å². The van der Waals surface area contributed by atoms with Crippen molar-refractivity contribution < 1.29 is 9.32 Å². The Bertz CT molecular complexity index is 394. The molecule has 0 radical (unpaired) electrons. The molecule has 1 fully saturated rings. The smallest absolute Gasteiger partial charge is 0.227 e. The third-order valence-corrected chi connectivity index (χ3v) is 3.48.